The zero-order chi connectivity index (χ0) is 25.0. The fourth-order valence-electron chi connectivity index (χ4n) is 4.04. The smallest absolute Gasteiger partial charge is 0.419 e. The van der Waals surface area contributed by atoms with E-state index in [1.54, 1.807) is 31.2 Å². The zero-order valence-electron chi connectivity index (χ0n) is 19.2. The Bertz CT molecular complexity index is 1160. The fraction of sp³-hybridized carbons (Fsp3) is 0.346. The Balaban J connectivity index is 1.39. The molecule has 0 amide bonds. The van der Waals surface area contributed by atoms with Gasteiger partial charge in [-0.2, -0.15) is 13.2 Å². The Morgan fingerprint density at radius 1 is 1.17 bits per heavy atom. The van der Waals surface area contributed by atoms with Crippen LogP contribution in [-0.4, -0.2) is 48.8 Å². The lowest BCUT2D eigenvalue weighted by atomic mass is 10.0. The van der Waals surface area contributed by atoms with E-state index in [-0.39, 0.29) is 19.0 Å². The number of halogens is 3. The van der Waals surface area contributed by atoms with E-state index < -0.39 is 17.7 Å². The maximum Gasteiger partial charge on any atom is 0.419 e. The van der Waals surface area contributed by atoms with Gasteiger partial charge in [-0.05, 0) is 54.8 Å². The second kappa shape index (κ2) is 10.4. The maximum atomic E-state index is 13.4. The molecule has 0 fully saturated rings. The van der Waals surface area contributed by atoms with Gasteiger partial charge in [-0.1, -0.05) is 12.1 Å². The van der Waals surface area contributed by atoms with Crippen LogP contribution in [-0.2, 0) is 17.6 Å². The number of carboxylic acids is 1. The summed E-state index contributed by atoms with van der Waals surface area (Å²) in [7, 11) is 0. The van der Waals surface area contributed by atoms with E-state index in [2.05, 4.69) is 4.90 Å². The first-order valence-corrected chi connectivity index (χ1v) is 11.3. The van der Waals surface area contributed by atoms with Crippen molar-refractivity contribution in [1.82, 2.24) is 4.90 Å². The van der Waals surface area contributed by atoms with Crippen molar-refractivity contribution in [2.24, 2.45) is 0 Å². The van der Waals surface area contributed by atoms with Gasteiger partial charge in [0.05, 0.1) is 12.2 Å². The lowest BCUT2D eigenvalue weighted by molar-refractivity contribution is -0.139. The second-order valence-corrected chi connectivity index (χ2v) is 8.36. The number of benzene rings is 2. The summed E-state index contributed by atoms with van der Waals surface area (Å²) >= 11 is 0. The van der Waals surface area contributed by atoms with E-state index in [1.165, 1.54) is 6.07 Å². The number of carboxylic acid groups (broad SMARTS) is 1. The Morgan fingerprint density at radius 2 is 2.00 bits per heavy atom. The Labute approximate surface area is 201 Å². The van der Waals surface area contributed by atoms with Gasteiger partial charge in [-0.25, -0.2) is 4.79 Å². The summed E-state index contributed by atoms with van der Waals surface area (Å²) in [6.07, 6.45) is -0.219. The molecule has 9 heteroatoms. The third-order valence-corrected chi connectivity index (χ3v) is 5.81. The molecule has 0 bridgehead atoms. The molecule has 0 atom stereocenters. The summed E-state index contributed by atoms with van der Waals surface area (Å²) in [5, 5.41) is 9.08. The third kappa shape index (κ3) is 6.16. The van der Waals surface area contributed by atoms with Crippen LogP contribution in [0.5, 0.6) is 17.2 Å². The average molecular weight is 489 g/mol. The van der Waals surface area contributed by atoms with Gasteiger partial charge < -0.3 is 19.3 Å². The van der Waals surface area contributed by atoms with E-state index in [0.29, 0.717) is 55.3 Å². The topological polar surface area (TPSA) is 68.2 Å². The van der Waals surface area contributed by atoms with E-state index in [9.17, 15) is 18.0 Å². The van der Waals surface area contributed by atoms with E-state index in [4.69, 9.17) is 19.3 Å². The Kier molecular flexibility index (Phi) is 7.35. The molecule has 186 valence electrons. The van der Waals surface area contributed by atoms with Crippen molar-refractivity contribution in [3.63, 3.8) is 0 Å². The zero-order valence-corrected chi connectivity index (χ0v) is 19.2. The molecule has 0 saturated carbocycles. The van der Waals surface area contributed by atoms with Crippen LogP contribution in [0.15, 0.2) is 53.6 Å². The third-order valence-electron chi connectivity index (χ3n) is 5.81. The number of carbonyl (C=O) groups is 1. The van der Waals surface area contributed by atoms with Crippen LogP contribution in [0.3, 0.4) is 0 Å². The lowest BCUT2D eigenvalue weighted by Crippen LogP contribution is -2.33. The van der Waals surface area contributed by atoms with E-state index in [1.807, 2.05) is 12.1 Å². The molecule has 0 aromatic heterocycles. The minimum absolute atomic E-state index is 0.0316. The molecule has 1 N–H and O–H groups in total. The first kappa shape index (κ1) is 24.7. The molecular formula is C26H26F3NO5. The van der Waals surface area contributed by atoms with Gasteiger partial charge >= 0.3 is 12.1 Å². The standard InChI is InChI=1S/C26H26F3NO5/c1-2-33-23-6-3-17(12-22(23)26(27,28)29)15-34-21-5-4-20-11-18(16-35-24(20)13-21)14-30-9-7-19(8-10-30)25(31)32/h3-7,11-13H,2,8-10,14-16H2,1H3,(H,31,32). The van der Waals surface area contributed by atoms with Crippen molar-refractivity contribution in [2.75, 3.05) is 32.8 Å². The SMILES string of the molecule is CCOc1ccc(COc2ccc3c(c2)OCC(CN2CC=C(C(=O)O)CC2)=C3)cc1C(F)(F)F. The molecule has 2 aromatic carbocycles. The summed E-state index contributed by atoms with van der Waals surface area (Å²) in [6, 6.07) is 9.24. The Morgan fingerprint density at radius 3 is 2.69 bits per heavy atom. The van der Waals surface area contributed by atoms with Gasteiger partial charge in [0, 0.05) is 36.8 Å². The molecule has 0 saturated heterocycles. The number of fused-ring (bicyclic) bond motifs is 1. The summed E-state index contributed by atoms with van der Waals surface area (Å²) in [5.74, 6) is 0.0718. The van der Waals surface area contributed by atoms with Gasteiger partial charge in [-0.3, -0.25) is 4.90 Å². The predicted molar refractivity (Wildman–Crippen MR) is 124 cm³/mol. The number of rotatable bonds is 8. The minimum Gasteiger partial charge on any atom is -0.493 e. The number of nitrogens with zero attached hydrogens (tertiary/aromatic N) is 1. The average Bonchev–Trinajstić information content (AvgIpc) is 2.83. The highest BCUT2D eigenvalue weighted by atomic mass is 19.4. The van der Waals surface area contributed by atoms with Crippen molar-refractivity contribution in [1.29, 1.82) is 0 Å². The van der Waals surface area contributed by atoms with Crippen molar-refractivity contribution in [3.8, 4) is 17.2 Å². The largest absolute Gasteiger partial charge is 0.493 e. The highest BCUT2D eigenvalue weighted by Crippen LogP contribution is 2.37. The molecule has 6 nitrogen and oxygen atoms in total. The van der Waals surface area contributed by atoms with Crippen molar-refractivity contribution in [2.45, 2.75) is 26.1 Å². The molecule has 0 radical (unpaired) electrons. The molecular weight excluding hydrogens is 463 g/mol. The first-order valence-electron chi connectivity index (χ1n) is 11.3. The molecule has 2 heterocycles. The molecule has 4 rings (SSSR count). The molecule has 2 aromatic rings. The van der Waals surface area contributed by atoms with Crippen LogP contribution in [0.4, 0.5) is 13.2 Å². The maximum absolute atomic E-state index is 13.4. The van der Waals surface area contributed by atoms with Crippen LogP contribution < -0.4 is 14.2 Å². The highest BCUT2D eigenvalue weighted by molar-refractivity contribution is 5.86. The van der Waals surface area contributed by atoms with Crippen LogP contribution in [0.1, 0.15) is 30.0 Å². The molecule has 0 aliphatic carbocycles. The molecule has 2 aliphatic heterocycles. The van der Waals surface area contributed by atoms with Crippen LogP contribution in [0, 0.1) is 0 Å². The fourth-order valence-corrected chi connectivity index (χ4v) is 4.04. The van der Waals surface area contributed by atoms with Gasteiger partial charge in [0.1, 0.15) is 30.5 Å². The monoisotopic (exact) mass is 489 g/mol. The second-order valence-electron chi connectivity index (χ2n) is 8.36. The van der Waals surface area contributed by atoms with E-state index in [0.717, 1.165) is 17.2 Å². The van der Waals surface area contributed by atoms with Gasteiger partial charge in [0.25, 0.3) is 0 Å². The van der Waals surface area contributed by atoms with Gasteiger partial charge in [0.15, 0.2) is 0 Å². The summed E-state index contributed by atoms with van der Waals surface area (Å²) in [5.41, 5.74) is 1.97. The Hall–Kier alpha value is -3.46. The lowest BCUT2D eigenvalue weighted by Gasteiger charge is -2.27. The van der Waals surface area contributed by atoms with Crippen LogP contribution in [0.2, 0.25) is 0 Å². The molecule has 2 aliphatic rings. The van der Waals surface area contributed by atoms with E-state index >= 15 is 0 Å². The molecule has 0 spiro atoms. The quantitative estimate of drug-likeness (QED) is 0.552. The number of ether oxygens (including phenoxy) is 3. The number of alkyl halides is 3. The van der Waals surface area contributed by atoms with Crippen molar-refractivity contribution in [3.05, 3.63) is 70.3 Å². The van der Waals surface area contributed by atoms with Crippen LogP contribution >= 0.6 is 0 Å². The predicted octanol–water partition coefficient (Wildman–Crippen LogP) is 5.18. The summed E-state index contributed by atoms with van der Waals surface area (Å²) in [4.78, 5) is 13.2. The number of aliphatic carboxylic acids is 1. The van der Waals surface area contributed by atoms with Gasteiger partial charge in [0.2, 0.25) is 0 Å². The van der Waals surface area contributed by atoms with Crippen LogP contribution in [0.25, 0.3) is 6.08 Å². The molecule has 0 unspecified atom stereocenters. The van der Waals surface area contributed by atoms with Crippen molar-refractivity contribution >= 4 is 12.0 Å². The van der Waals surface area contributed by atoms with Gasteiger partial charge in [-0.15, -0.1) is 0 Å². The van der Waals surface area contributed by atoms with Crippen molar-refractivity contribution < 1.29 is 37.3 Å². The summed E-state index contributed by atoms with van der Waals surface area (Å²) in [6.45, 7) is 4.09. The molecule has 35 heavy (non-hydrogen) atoms. The number of hydrogen-bond donors (Lipinski definition) is 1. The normalized spacial score (nSPS) is 16.0. The summed E-state index contributed by atoms with van der Waals surface area (Å²) < 4.78 is 56.8. The first-order chi connectivity index (χ1) is 16.7. The minimum atomic E-state index is -4.52. The highest BCUT2D eigenvalue weighted by Gasteiger charge is 2.34. The number of hydrogen-bond acceptors (Lipinski definition) is 5.